The predicted molar refractivity (Wildman–Crippen MR) is 137 cm³/mol. The Morgan fingerprint density at radius 2 is 1.89 bits per heavy atom. The average Bonchev–Trinajstić information content (AvgIpc) is 3.25. The SMILES string of the molecule is COC(=O)CCC/C=C(\c1cccnc1)c1ccc2c(c1)CC(NS(=O)(=O)c1ccc(Cl)cc1)C2. The lowest BCUT2D eigenvalue weighted by Gasteiger charge is -2.12. The van der Waals surface area contributed by atoms with Crippen molar-refractivity contribution in [3.8, 4) is 0 Å². The monoisotopic (exact) mass is 510 g/mol. The molecular formula is C27H27ClN2O4S. The summed E-state index contributed by atoms with van der Waals surface area (Å²) in [6, 6.07) is 16.1. The van der Waals surface area contributed by atoms with Gasteiger partial charge >= 0.3 is 5.97 Å². The molecule has 3 aromatic rings. The highest BCUT2D eigenvalue weighted by Crippen LogP contribution is 2.30. The number of carbonyl (C=O) groups is 1. The van der Waals surface area contributed by atoms with Crippen molar-refractivity contribution in [1.29, 1.82) is 0 Å². The van der Waals surface area contributed by atoms with Crippen molar-refractivity contribution in [3.63, 3.8) is 0 Å². The number of allylic oxidation sites excluding steroid dienone is 1. The van der Waals surface area contributed by atoms with Crippen LogP contribution in [0.2, 0.25) is 5.02 Å². The van der Waals surface area contributed by atoms with E-state index in [9.17, 15) is 13.2 Å². The summed E-state index contributed by atoms with van der Waals surface area (Å²) in [7, 11) is -2.24. The van der Waals surface area contributed by atoms with Crippen molar-refractivity contribution >= 4 is 33.2 Å². The molecule has 0 saturated heterocycles. The number of halogens is 1. The molecule has 0 amide bonds. The molecule has 1 aromatic heterocycles. The number of methoxy groups -OCH3 is 1. The zero-order valence-corrected chi connectivity index (χ0v) is 21.0. The maximum absolute atomic E-state index is 12.8. The smallest absolute Gasteiger partial charge is 0.305 e. The van der Waals surface area contributed by atoms with E-state index in [1.807, 2.05) is 18.3 Å². The minimum atomic E-state index is -3.64. The molecule has 4 rings (SSSR count). The molecule has 182 valence electrons. The quantitative estimate of drug-likeness (QED) is 0.325. The molecule has 2 aromatic carbocycles. The normalized spacial score (nSPS) is 15.6. The number of hydrogen-bond acceptors (Lipinski definition) is 5. The number of rotatable bonds is 9. The third-order valence-electron chi connectivity index (χ3n) is 6.03. The molecule has 1 heterocycles. The van der Waals surface area contributed by atoms with Gasteiger partial charge < -0.3 is 4.74 Å². The molecule has 0 aliphatic heterocycles. The number of carbonyl (C=O) groups excluding carboxylic acids is 1. The second-order valence-electron chi connectivity index (χ2n) is 8.49. The third-order valence-corrected chi connectivity index (χ3v) is 7.82. The van der Waals surface area contributed by atoms with Gasteiger partial charge in [0.25, 0.3) is 0 Å². The first-order valence-corrected chi connectivity index (χ1v) is 13.3. The van der Waals surface area contributed by atoms with Gasteiger partial charge in [0.2, 0.25) is 10.0 Å². The number of nitrogens with zero attached hydrogens (tertiary/aromatic N) is 1. The Labute approximate surface area is 211 Å². The zero-order chi connectivity index (χ0) is 24.8. The summed E-state index contributed by atoms with van der Waals surface area (Å²) >= 11 is 5.89. The van der Waals surface area contributed by atoms with Crippen LogP contribution >= 0.6 is 11.6 Å². The number of unbranched alkanes of at least 4 members (excludes halogenated alkanes) is 1. The maximum Gasteiger partial charge on any atom is 0.305 e. The van der Waals surface area contributed by atoms with E-state index < -0.39 is 10.0 Å². The summed E-state index contributed by atoms with van der Waals surface area (Å²) in [6.45, 7) is 0. The van der Waals surface area contributed by atoms with Crippen LogP contribution in [0.4, 0.5) is 0 Å². The van der Waals surface area contributed by atoms with Gasteiger partial charge in [-0.05, 0) is 78.3 Å². The van der Waals surface area contributed by atoms with Crippen molar-refractivity contribution in [2.45, 2.75) is 43.0 Å². The largest absolute Gasteiger partial charge is 0.469 e. The van der Waals surface area contributed by atoms with Crippen LogP contribution in [0.15, 0.2) is 78.0 Å². The van der Waals surface area contributed by atoms with Crippen LogP contribution < -0.4 is 4.72 Å². The van der Waals surface area contributed by atoms with E-state index in [1.165, 1.54) is 19.2 Å². The van der Waals surface area contributed by atoms with Crippen LogP contribution in [-0.4, -0.2) is 32.5 Å². The van der Waals surface area contributed by atoms with E-state index >= 15 is 0 Å². The van der Waals surface area contributed by atoms with Gasteiger partial charge in [-0.3, -0.25) is 9.78 Å². The summed E-state index contributed by atoms with van der Waals surface area (Å²) in [5.74, 6) is -0.217. The number of ether oxygens (including phenoxy) is 1. The second kappa shape index (κ2) is 11.2. The number of fused-ring (bicyclic) bond motifs is 1. The lowest BCUT2D eigenvalue weighted by Crippen LogP contribution is -2.35. The highest BCUT2D eigenvalue weighted by Gasteiger charge is 2.27. The van der Waals surface area contributed by atoms with E-state index in [0.717, 1.165) is 34.2 Å². The molecule has 1 unspecified atom stereocenters. The molecule has 1 atom stereocenters. The predicted octanol–water partition coefficient (Wildman–Crippen LogP) is 4.96. The van der Waals surface area contributed by atoms with Crippen LogP contribution in [0.3, 0.4) is 0 Å². The molecule has 6 nitrogen and oxygen atoms in total. The molecule has 1 aliphatic carbocycles. The van der Waals surface area contributed by atoms with Gasteiger partial charge in [-0.2, -0.15) is 0 Å². The Kier molecular flexibility index (Phi) is 8.00. The van der Waals surface area contributed by atoms with Gasteiger partial charge in [0, 0.05) is 35.4 Å². The summed E-state index contributed by atoms with van der Waals surface area (Å²) in [5.41, 5.74) is 5.32. The molecule has 0 spiro atoms. The molecule has 1 aliphatic rings. The second-order valence-corrected chi connectivity index (χ2v) is 10.6. The zero-order valence-electron chi connectivity index (χ0n) is 19.4. The van der Waals surface area contributed by atoms with Gasteiger partial charge in [0.15, 0.2) is 0 Å². The van der Waals surface area contributed by atoms with Crippen molar-refractivity contribution in [1.82, 2.24) is 9.71 Å². The highest BCUT2D eigenvalue weighted by molar-refractivity contribution is 7.89. The summed E-state index contributed by atoms with van der Waals surface area (Å²) < 4.78 is 33.2. The number of esters is 1. The van der Waals surface area contributed by atoms with E-state index in [0.29, 0.717) is 30.7 Å². The fourth-order valence-corrected chi connectivity index (χ4v) is 5.65. The fourth-order valence-electron chi connectivity index (χ4n) is 4.29. The van der Waals surface area contributed by atoms with Crippen LogP contribution in [0.5, 0.6) is 0 Å². The van der Waals surface area contributed by atoms with Gasteiger partial charge in [0.1, 0.15) is 0 Å². The average molecular weight is 511 g/mol. The molecule has 8 heteroatoms. The highest BCUT2D eigenvalue weighted by atomic mass is 35.5. The van der Waals surface area contributed by atoms with Crippen LogP contribution in [0.25, 0.3) is 5.57 Å². The number of aromatic nitrogens is 1. The van der Waals surface area contributed by atoms with E-state index in [2.05, 4.69) is 34.0 Å². The molecule has 35 heavy (non-hydrogen) atoms. The van der Waals surface area contributed by atoms with E-state index in [1.54, 1.807) is 18.3 Å². The summed E-state index contributed by atoms with van der Waals surface area (Å²) in [5, 5.41) is 0.493. The van der Waals surface area contributed by atoms with Crippen LogP contribution in [0, 0.1) is 0 Å². The fraction of sp³-hybridized carbons (Fsp3) is 0.259. The number of pyridine rings is 1. The molecule has 1 N–H and O–H groups in total. The van der Waals surface area contributed by atoms with Gasteiger partial charge in [0.05, 0.1) is 12.0 Å². The molecule has 0 radical (unpaired) electrons. The Morgan fingerprint density at radius 3 is 2.60 bits per heavy atom. The van der Waals surface area contributed by atoms with Crippen molar-refractivity contribution in [2.75, 3.05) is 7.11 Å². The summed E-state index contributed by atoms with van der Waals surface area (Å²) in [6.07, 6.45) is 8.70. The van der Waals surface area contributed by atoms with Crippen LogP contribution in [-0.2, 0) is 32.4 Å². The first kappa shape index (κ1) is 25.1. The van der Waals surface area contributed by atoms with Crippen molar-refractivity contribution < 1.29 is 17.9 Å². The Morgan fingerprint density at radius 1 is 1.11 bits per heavy atom. The van der Waals surface area contributed by atoms with Gasteiger partial charge in [-0.15, -0.1) is 0 Å². The Bertz CT molecular complexity index is 1320. The van der Waals surface area contributed by atoms with E-state index in [4.69, 9.17) is 16.3 Å². The topological polar surface area (TPSA) is 85.4 Å². The minimum Gasteiger partial charge on any atom is -0.469 e. The Balaban J connectivity index is 1.52. The molecule has 0 fully saturated rings. The number of nitrogens with one attached hydrogen (secondary N) is 1. The van der Waals surface area contributed by atoms with E-state index in [-0.39, 0.29) is 16.9 Å². The van der Waals surface area contributed by atoms with Crippen molar-refractivity contribution in [2.24, 2.45) is 0 Å². The third kappa shape index (κ3) is 6.36. The first-order chi connectivity index (χ1) is 16.9. The van der Waals surface area contributed by atoms with Gasteiger partial charge in [-0.25, -0.2) is 13.1 Å². The minimum absolute atomic E-state index is 0.201. The van der Waals surface area contributed by atoms with Crippen molar-refractivity contribution in [3.05, 3.63) is 100 Å². The number of hydrogen-bond donors (Lipinski definition) is 1. The summed E-state index contributed by atoms with van der Waals surface area (Å²) in [4.78, 5) is 15.9. The molecule has 0 saturated carbocycles. The lowest BCUT2D eigenvalue weighted by atomic mass is 9.95. The van der Waals surface area contributed by atoms with Gasteiger partial charge in [-0.1, -0.05) is 41.9 Å². The maximum atomic E-state index is 12.8. The number of benzene rings is 2. The standard InChI is InChI=1S/C27H27ClN2O4S/c1-34-27(31)7-3-2-6-26(21-5-4-14-29-18-21)20-9-8-19-16-24(17-22(19)15-20)30-35(32,33)25-12-10-23(28)11-13-25/h4-6,8-15,18,24,30H,2-3,7,16-17H2,1H3/b26-6-. The molecule has 0 bridgehead atoms. The van der Waals surface area contributed by atoms with Crippen LogP contribution in [0.1, 0.15) is 41.5 Å². The molecular weight excluding hydrogens is 484 g/mol. The lowest BCUT2D eigenvalue weighted by molar-refractivity contribution is -0.140. The Hall–Kier alpha value is -3.00. The number of sulfonamides is 1. The first-order valence-electron chi connectivity index (χ1n) is 11.4.